The van der Waals surface area contributed by atoms with E-state index >= 15 is 0 Å². The van der Waals surface area contributed by atoms with E-state index in [9.17, 15) is 19.5 Å². The van der Waals surface area contributed by atoms with Crippen molar-refractivity contribution in [2.75, 3.05) is 20.3 Å². The number of carbonyl (C=O) groups is 3. The van der Waals surface area contributed by atoms with Crippen molar-refractivity contribution >= 4 is 17.9 Å². The number of hydrogen-bond donors (Lipinski definition) is 1. The number of epoxide rings is 1. The van der Waals surface area contributed by atoms with E-state index in [1.54, 1.807) is 21.0 Å². The Labute approximate surface area is 235 Å². The predicted molar refractivity (Wildman–Crippen MR) is 137 cm³/mol. The normalized spacial score (nSPS) is 47.5. The Bertz CT molecular complexity index is 996. The van der Waals surface area contributed by atoms with Crippen molar-refractivity contribution in [1.29, 1.82) is 0 Å². The molecule has 2 saturated carbocycles. The average molecular weight is 569 g/mol. The zero-order valence-corrected chi connectivity index (χ0v) is 24.5. The average Bonchev–Trinajstić information content (AvgIpc) is 3.41. The van der Waals surface area contributed by atoms with E-state index in [1.165, 1.54) is 13.8 Å². The van der Waals surface area contributed by atoms with Gasteiger partial charge in [-0.05, 0) is 31.1 Å². The smallest absolute Gasteiger partial charge is 0.308 e. The van der Waals surface area contributed by atoms with Crippen LogP contribution >= 0.6 is 0 Å². The first kappa shape index (κ1) is 29.7. The Balaban J connectivity index is 1.60. The van der Waals surface area contributed by atoms with E-state index < -0.39 is 64.9 Å². The van der Waals surface area contributed by atoms with E-state index in [0.717, 1.165) is 12.8 Å². The lowest BCUT2D eigenvalue weighted by Gasteiger charge is -2.65. The number of fused-ring (bicyclic) bond motifs is 3. The highest BCUT2D eigenvalue weighted by molar-refractivity contribution is 5.72. The van der Waals surface area contributed by atoms with Gasteiger partial charge in [0.2, 0.25) is 0 Å². The number of aliphatic hydroxyl groups excluding tert-OH is 1. The second kappa shape index (κ2) is 10.5. The summed E-state index contributed by atoms with van der Waals surface area (Å²) in [6.07, 6.45) is -1.57. The molecule has 11 nitrogen and oxygen atoms in total. The van der Waals surface area contributed by atoms with Crippen molar-refractivity contribution in [3.63, 3.8) is 0 Å². The molecule has 0 amide bonds. The Morgan fingerprint density at radius 1 is 1.02 bits per heavy atom. The van der Waals surface area contributed by atoms with Crippen LogP contribution in [0.2, 0.25) is 0 Å². The predicted octanol–water partition coefficient (Wildman–Crippen LogP) is 2.36. The summed E-state index contributed by atoms with van der Waals surface area (Å²) in [6, 6.07) is 0. The van der Waals surface area contributed by atoms with E-state index in [1.807, 2.05) is 0 Å². The van der Waals surface area contributed by atoms with Crippen LogP contribution in [0.1, 0.15) is 67.2 Å². The van der Waals surface area contributed by atoms with Gasteiger partial charge in [-0.1, -0.05) is 27.7 Å². The van der Waals surface area contributed by atoms with Crippen molar-refractivity contribution in [2.24, 2.45) is 34.5 Å². The molecule has 0 radical (unpaired) electrons. The van der Waals surface area contributed by atoms with Crippen molar-refractivity contribution in [3.8, 4) is 0 Å². The summed E-state index contributed by atoms with van der Waals surface area (Å²) < 4.78 is 41.9. The highest BCUT2D eigenvalue weighted by Gasteiger charge is 2.81. The molecule has 12 atom stereocenters. The minimum absolute atomic E-state index is 0.00730. The molecule has 3 saturated heterocycles. The zero-order valence-electron chi connectivity index (χ0n) is 24.5. The highest BCUT2D eigenvalue weighted by Crippen LogP contribution is 2.70. The number of aliphatic hydroxyl groups is 1. The maximum atomic E-state index is 12.8. The van der Waals surface area contributed by atoms with E-state index in [-0.39, 0.29) is 49.8 Å². The van der Waals surface area contributed by atoms with Gasteiger partial charge in [-0.15, -0.1) is 0 Å². The molecule has 12 unspecified atom stereocenters. The second-order valence-corrected chi connectivity index (χ2v) is 13.0. The molecule has 5 aliphatic rings. The molecule has 11 heteroatoms. The van der Waals surface area contributed by atoms with Crippen molar-refractivity contribution in [3.05, 3.63) is 0 Å². The van der Waals surface area contributed by atoms with Crippen LogP contribution < -0.4 is 0 Å². The molecule has 3 heterocycles. The molecule has 1 N–H and O–H groups in total. The summed E-state index contributed by atoms with van der Waals surface area (Å²) in [4.78, 5) is 37.5. The largest absolute Gasteiger partial charge is 0.465 e. The van der Waals surface area contributed by atoms with Gasteiger partial charge in [0.25, 0.3) is 0 Å². The number of rotatable bonds is 7. The van der Waals surface area contributed by atoms with Gasteiger partial charge >= 0.3 is 17.9 Å². The fraction of sp³-hybridized carbons (Fsp3) is 0.897. The Hall–Kier alpha value is -1.79. The van der Waals surface area contributed by atoms with Crippen LogP contribution in [0.15, 0.2) is 0 Å². The second-order valence-electron chi connectivity index (χ2n) is 13.0. The topological polar surface area (TPSA) is 139 Å². The number of esters is 3. The molecule has 2 aliphatic carbocycles. The standard InChI is InChI=1S/C29H44O11/c1-14(2)25(33)40-24-19(32)11-20-27(6,21-9-18-10-23(34-7)39-26(18)38-21)15(3)8-22(37-17(5)31)28(20,12-35-16(4)30)29(24)13-36-29/h14-15,18-24,26,32H,8-13H2,1-7H3. The van der Waals surface area contributed by atoms with Crippen LogP contribution in [-0.4, -0.2) is 85.9 Å². The van der Waals surface area contributed by atoms with Crippen LogP contribution in [0.3, 0.4) is 0 Å². The minimum atomic E-state index is -1.21. The first-order valence-corrected chi connectivity index (χ1v) is 14.5. The number of carbonyl (C=O) groups excluding carboxylic acids is 3. The van der Waals surface area contributed by atoms with Crippen LogP contribution in [0.5, 0.6) is 0 Å². The number of hydrogen-bond acceptors (Lipinski definition) is 11. The third kappa shape index (κ3) is 4.47. The van der Waals surface area contributed by atoms with Gasteiger partial charge < -0.3 is 38.3 Å². The summed E-state index contributed by atoms with van der Waals surface area (Å²) in [6.45, 7) is 10.4. The molecule has 0 bridgehead atoms. The van der Waals surface area contributed by atoms with Crippen LogP contribution in [0.25, 0.3) is 0 Å². The summed E-state index contributed by atoms with van der Waals surface area (Å²) in [5.74, 6) is -2.06. The maximum absolute atomic E-state index is 12.8. The Morgan fingerprint density at radius 2 is 1.73 bits per heavy atom. The minimum Gasteiger partial charge on any atom is -0.465 e. The molecule has 40 heavy (non-hydrogen) atoms. The van der Waals surface area contributed by atoms with E-state index in [4.69, 9.17) is 33.2 Å². The first-order valence-electron chi connectivity index (χ1n) is 14.5. The van der Waals surface area contributed by atoms with E-state index in [2.05, 4.69) is 13.8 Å². The monoisotopic (exact) mass is 568 g/mol. The molecular weight excluding hydrogens is 524 g/mol. The summed E-state index contributed by atoms with van der Waals surface area (Å²) in [7, 11) is 1.62. The summed E-state index contributed by atoms with van der Waals surface area (Å²) in [5, 5.41) is 11.6. The van der Waals surface area contributed by atoms with Gasteiger partial charge in [-0.2, -0.15) is 0 Å². The van der Waals surface area contributed by atoms with Crippen molar-refractivity contribution < 1.29 is 52.6 Å². The van der Waals surface area contributed by atoms with Gasteiger partial charge in [0.1, 0.15) is 18.3 Å². The Kier molecular flexibility index (Phi) is 7.78. The molecule has 3 aliphatic heterocycles. The van der Waals surface area contributed by atoms with Gasteiger partial charge in [0.05, 0.1) is 30.1 Å². The fourth-order valence-electron chi connectivity index (χ4n) is 8.33. The van der Waals surface area contributed by atoms with Gasteiger partial charge in [-0.25, -0.2) is 0 Å². The molecule has 1 spiro atoms. The zero-order chi connectivity index (χ0) is 29.2. The van der Waals surface area contributed by atoms with Crippen LogP contribution in [-0.2, 0) is 47.5 Å². The van der Waals surface area contributed by atoms with Gasteiger partial charge in [-0.3, -0.25) is 14.4 Å². The SMILES string of the molecule is COC1CC2CC(C3(C)C(C)CC(OC(C)=O)C4(COC(C)=O)C3CC(O)C(OC(=O)C(C)C)C43CO3)OC2O1. The maximum Gasteiger partial charge on any atom is 0.308 e. The molecule has 0 aromatic carbocycles. The third-order valence-electron chi connectivity index (χ3n) is 10.6. The molecule has 226 valence electrons. The lowest BCUT2D eigenvalue weighted by Crippen LogP contribution is -2.74. The quantitative estimate of drug-likeness (QED) is 0.275. The highest BCUT2D eigenvalue weighted by atomic mass is 16.8. The summed E-state index contributed by atoms with van der Waals surface area (Å²) >= 11 is 0. The van der Waals surface area contributed by atoms with Crippen LogP contribution in [0.4, 0.5) is 0 Å². The lowest BCUT2D eigenvalue weighted by molar-refractivity contribution is -0.289. The third-order valence-corrected chi connectivity index (χ3v) is 10.6. The Morgan fingerprint density at radius 3 is 2.27 bits per heavy atom. The molecular formula is C29H44O11. The van der Waals surface area contributed by atoms with Crippen molar-refractivity contribution in [1.82, 2.24) is 0 Å². The van der Waals surface area contributed by atoms with Crippen molar-refractivity contribution in [2.45, 2.75) is 110 Å². The number of ether oxygens (including phenoxy) is 7. The number of methoxy groups -OCH3 is 1. The molecule has 5 rings (SSSR count). The molecule has 0 aromatic heterocycles. The summed E-state index contributed by atoms with van der Waals surface area (Å²) in [5.41, 5.74) is -2.85. The van der Waals surface area contributed by atoms with Crippen LogP contribution in [0, 0.1) is 34.5 Å². The lowest BCUT2D eigenvalue weighted by atomic mass is 9.41. The molecule has 5 fully saturated rings. The molecule has 0 aromatic rings. The first-order chi connectivity index (χ1) is 18.8. The van der Waals surface area contributed by atoms with Gasteiger partial charge in [0, 0.05) is 38.7 Å². The van der Waals surface area contributed by atoms with Gasteiger partial charge in [0.15, 0.2) is 18.7 Å². The fourth-order valence-corrected chi connectivity index (χ4v) is 8.33. The van der Waals surface area contributed by atoms with E-state index in [0.29, 0.717) is 6.42 Å².